The van der Waals surface area contributed by atoms with Gasteiger partial charge in [-0.25, -0.2) is 9.78 Å². The fraction of sp³-hybridized carbons (Fsp3) is 0.148. The van der Waals surface area contributed by atoms with Crippen molar-refractivity contribution in [1.82, 2.24) is 30.8 Å². The number of aromatic nitrogens is 4. The molecule has 3 aromatic carbocycles. The minimum Gasteiger partial charge on any atom is -0.334 e. The molecule has 0 saturated heterocycles. The molecule has 5 aromatic rings. The molecule has 0 fully saturated rings. The summed E-state index contributed by atoms with van der Waals surface area (Å²) in [6.07, 6.45) is 0.507. The monoisotopic (exact) mass is 552 g/mol. The van der Waals surface area contributed by atoms with Gasteiger partial charge in [0.2, 0.25) is 0 Å². The summed E-state index contributed by atoms with van der Waals surface area (Å²) in [6, 6.07) is 20.0. The number of aromatic amines is 2. The lowest BCUT2D eigenvalue weighted by molar-refractivity contribution is 0.236. The molecule has 0 spiro atoms. The number of H-pyrrole nitrogens is 2. The van der Waals surface area contributed by atoms with Gasteiger partial charge in [0, 0.05) is 33.2 Å². The highest BCUT2D eigenvalue weighted by Crippen LogP contribution is 2.31. The van der Waals surface area contributed by atoms with E-state index in [-0.39, 0.29) is 12.6 Å². The molecule has 0 radical (unpaired) electrons. The summed E-state index contributed by atoms with van der Waals surface area (Å²) in [5.74, 6) is 0.540. The predicted octanol–water partition coefficient (Wildman–Crippen LogP) is 7.00. The number of amides is 2. The first-order valence-electron chi connectivity index (χ1n) is 11.6. The number of imidazole rings is 1. The second-order valence-electron chi connectivity index (χ2n) is 8.67. The van der Waals surface area contributed by atoms with Gasteiger partial charge < -0.3 is 15.6 Å². The maximum absolute atomic E-state index is 12.9. The van der Waals surface area contributed by atoms with Gasteiger partial charge in [0.15, 0.2) is 0 Å². The minimum atomic E-state index is -0.472. The third kappa shape index (κ3) is 5.74. The Bertz CT molecular complexity index is 1560. The number of rotatable bonds is 7. The Hall–Kier alpha value is -3.52. The Kier molecular flexibility index (Phi) is 7.37. The summed E-state index contributed by atoms with van der Waals surface area (Å²) < 4.78 is 0. The number of aryl methyl sites for hydroxylation is 1. The highest BCUT2D eigenvalue weighted by molar-refractivity contribution is 6.33. The smallest absolute Gasteiger partial charge is 0.315 e. The molecule has 0 bridgehead atoms. The van der Waals surface area contributed by atoms with Crippen LogP contribution in [0.1, 0.15) is 28.7 Å². The number of hydrogen-bond acceptors (Lipinski definition) is 3. The van der Waals surface area contributed by atoms with E-state index in [2.05, 4.69) is 25.8 Å². The minimum absolute atomic E-state index is 0.219. The molecule has 0 aliphatic rings. The first-order chi connectivity index (χ1) is 17.9. The molecule has 2 heterocycles. The quantitative estimate of drug-likeness (QED) is 0.175. The highest BCUT2D eigenvalue weighted by Gasteiger charge is 2.22. The van der Waals surface area contributed by atoms with Gasteiger partial charge in [-0.1, -0.05) is 77.3 Å². The fourth-order valence-corrected chi connectivity index (χ4v) is 4.77. The molecule has 1 atom stereocenters. The first-order valence-corrected chi connectivity index (χ1v) is 12.7. The summed E-state index contributed by atoms with van der Waals surface area (Å²) in [5, 5.41) is 15.7. The number of nitrogens with zero attached hydrogens (tertiary/aromatic N) is 2. The molecule has 0 aliphatic carbocycles. The van der Waals surface area contributed by atoms with Crippen molar-refractivity contribution >= 4 is 51.7 Å². The van der Waals surface area contributed by atoms with Crippen LogP contribution < -0.4 is 10.6 Å². The van der Waals surface area contributed by atoms with E-state index < -0.39 is 6.04 Å². The number of urea groups is 1. The van der Waals surface area contributed by atoms with E-state index in [1.807, 2.05) is 55.5 Å². The molecular weight excluding hydrogens is 531 g/mol. The lowest BCUT2D eigenvalue weighted by atomic mass is 10.1. The number of hydrogen-bond donors (Lipinski definition) is 4. The SMILES string of the molecule is Cc1[nH]nc2cc(-c3nc([C@H](Cc4ccccc4)NC(=O)NCc4cc(Cl)ccc4Cl)[nH]c3Cl)ccc12. The molecule has 7 nitrogen and oxygen atoms in total. The Morgan fingerprint density at radius 1 is 1.03 bits per heavy atom. The van der Waals surface area contributed by atoms with Gasteiger partial charge in [0.25, 0.3) is 0 Å². The molecule has 188 valence electrons. The summed E-state index contributed by atoms with van der Waals surface area (Å²) in [6.45, 7) is 2.19. The largest absolute Gasteiger partial charge is 0.334 e. The van der Waals surface area contributed by atoms with Crippen LogP contribution in [0.4, 0.5) is 4.79 Å². The van der Waals surface area contributed by atoms with Crippen molar-refractivity contribution < 1.29 is 4.79 Å². The van der Waals surface area contributed by atoms with Gasteiger partial charge in [-0.2, -0.15) is 5.10 Å². The van der Waals surface area contributed by atoms with Gasteiger partial charge in [-0.05, 0) is 48.7 Å². The molecule has 5 rings (SSSR count). The third-order valence-electron chi connectivity index (χ3n) is 6.06. The molecule has 37 heavy (non-hydrogen) atoms. The van der Waals surface area contributed by atoms with Crippen molar-refractivity contribution in [3.8, 4) is 11.3 Å². The molecular formula is C27H23Cl3N6O. The Balaban J connectivity index is 1.39. The number of benzene rings is 3. The standard InChI is InChI=1S/C27H23Cl3N6O/c1-15-20-9-7-17(13-22(20)36-35-15)24-25(30)34-26(33-24)23(11-16-5-3-2-4-6-16)32-27(37)31-14-18-12-19(28)8-10-21(18)29/h2-10,12-13,23H,11,14H2,1H3,(H,33,34)(H,35,36)(H2,31,32,37)/t23-/m0/s1. The number of carbonyl (C=O) groups excluding carboxylic acids is 1. The van der Waals surface area contributed by atoms with Crippen LogP contribution in [0, 0.1) is 6.92 Å². The van der Waals surface area contributed by atoms with Gasteiger partial charge in [0.1, 0.15) is 16.7 Å². The van der Waals surface area contributed by atoms with Crippen molar-refractivity contribution in [2.24, 2.45) is 0 Å². The molecule has 0 aliphatic heterocycles. The van der Waals surface area contributed by atoms with Crippen molar-refractivity contribution in [2.75, 3.05) is 0 Å². The van der Waals surface area contributed by atoms with E-state index in [9.17, 15) is 4.79 Å². The van der Waals surface area contributed by atoms with Crippen LogP contribution in [-0.2, 0) is 13.0 Å². The maximum atomic E-state index is 12.9. The van der Waals surface area contributed by atoms with Crippen LogP contribution in [0.5, 0.6) is 0 Å². The van der Waals surface area contributed by atoms with E-state index >= 15 is 0 Å². The van der Waals surface area contributed by atoms with Crippen LogP contribution in [0.2, 0.25) is 15.2 Å². The molecule has 0 unspecified atom stereocenters. The summed E-state index contributed by atoms with van der Waals surface area (Å²) in [5.41, 5.74) is 4.99. The fourth-order valence-electron chi connectivity index (χ4n) is 4.15. The summed E-state index contributed by atoms with van der Waals surface area (Å²) in [4.78, 5) is 20.9. The van der Waals surface area contributed by atoms with Crippen molar-refractivity contribution in [2.45, 2.75) is 25.9 Å². The van der Waals surface area contributed by atoms with Gasteiger partial charge in [0.05, 0.1) is 11.6 Å². The molecule has 0 saturated carbocycles. The van der Waals surface area contributed by atoms with Crippen LogP contribution in [0.3, 0.4) is 0 Å². The van der Waals surface area contributed by atoms with Crippen LogP contribution in [0.25, 0.3) is 22.2 Å². The van der Waals surface area contributed by atoms with Crippen LogP contribution >= 0.6 is 34.8 Å². The third-order valence-corrected chi connectivity index (χ3v) is 6.94. The number of halogens is 3. The Labute approximate surface area is 228 Å². The van der Waals surface area contributed by atoms with Crippen molar-refractivity contribution in [1.29, 1.82) is 0 Å². The topological polar surface area (TPSA) is 98.5 Å². The average molecular weight is 554 g/mol. The van der Waals surface area contributed by atoms with Crippen molar-refractivity contribution in [3.63, 3.8) is 0 Å². The maximum Gasteiger partial charge on any atom is 0.315 e. The molecule has 10 heteroatoms. The molecule has 2 amide bonds. The lowest BCUT2D eigenvalue weighted by Gasteiger charge is -2.18. The van der Waals surface area contributed by atoms with E-state index in [1.54, 1.807) is 18.2 Å². The summed E-state index contributed by atoms with van der Waals surface area (Å²) >= 11 is 18.9. The normalized spacial score (nSPS) is 12.0. The van der Waals surface area contributed by atoms with E-state index in [1.165, 1.54) is 0 Å². The van der Waals surface area contributed by atoms with Gasteiger partial charge >= 0.3 is 6.03 Å². The van der Waals surface area contributed by atoms with E-state index in [0.717, 1.165) is 33.3 Å². The number of carbonyl (C=O) groups is 1. The van der Waals surface area contributed by atoms with E-state index in [0.29, 0.717) is 33.1 Å². The zero-order valence-electron chi connectivity index (χ0n) is 19.8. The van der Waals surface area contributed by atoms with Crippen LogP contribution in [0.15, 0.2) is 66.7 Å². The highest BCUT2D eigenvalue weighted by atomic mass is 35.5. The second kappa shape index (κ2) is 10.8. The number of fused-ring (bicyclic) bond motifs is 1. The Morgan fingerprint density at radius 3 is 2.65 bits per heavy atom. The van der Waals surface area contributed by atoms with Crippen molar-refractivity contribution in [3.05, 3.63) is 105 Å². The Morgan fingerprint density at radius 2 is 1.84 bits per heavy atom. The van der Waals surface area contributed by atoms with E-state index in [4.69, 9.17) is 39.8 Å². The van der Waals surface area contributed by atoms with Gasteiger partial charge in [-0.3, -0.25) is 5.10 Å². The van der Waals surface area contributed by atoms with Crippen LogP contribution in [-0.4, -0.2) is 26.2 Å². The molecule has 4 N–H and O–H groups in total. The lowest BCUT2D eigenvalue weighted by Crippen LogP contribution is -2.38. The first kappa shape index (κ1) is 25.1. The zero-order chi connectivity index (χ0) is 25.9. The molecule has 2 aromatic heterocycles. The summed E-state index contributed by atoms with van der Waals surface area (Å²) in [7, 11) is 0. The average Bonchev–Trinajstić information content (AvgIpc) is 3.47. The number of nitrogens with one attached hydrogen (secondary N) is 4. The second-order valence-corrected chi connectivity index (χ2v) is 9.89. The zero-order valence-corrected chi connectivity index (χ0v) is 22.0. The van der Waals surface area contributed by atoms with Gasteiger partial charge in [-0.15, -0.1) is 0 Å². The predicted molar refractivity (Wildman–Crippen MR) is 148 cm³/mol.